The number of hydrogen-bond acceptors (Lipinski definition) is 3. The van der Waals surface area contributed by atoms with Gasteiger partial charge in [-0.2, -0.15) is 0 Å². The topological polar surface area (TPSA) is 62.4 Å². The van der Waals surface area contributed by atoms with Crippen LogP contribution in [0.2, 0.25) is 0 Å². The number of H-pyrrole nitrogens is 1. The van der Waals surface area contributed by atoms with Crippen LogP contribution < -0.4 is 0 Å². The zero-order chi connectivity index (χ0) is 17.0. The van der Waals surface area contributed by atoms with Gasteiger partial charge >= 0.3 is 5.97 Å². The molecule has 128 valence electrons. The number of carbonyl (C=O) groups is 2. The van der Waals surface area contributed by atoms with Crippen LogP contribution in [0.3, 0.4) is 0 Å². The van der Waals surface area contributed by atoms with E-state index < -0.39 is 0 Å². The quantitative estimate of drug-likeness (QED) is 0.682. The van der Waals surface area contributed by atoms with Gasteiger partial charge in [0.25, 0.3) is 5.91 Å². The first kappa shape index (κ1) is 17.6. The Kier molecular flexibility index (Phi) is 5.85. The normalized spacial score (nSPS) is 16.0. The molecule has 0 spiro atoms. The third-order valence-electron chi connectivity index (χ3n) is 4.98. The van der Waals surface area contributed by atoms with Crippen molar-refractivity contribution in [3.63, 3.8) is 0 Å². The Morgan fingerprint density at radius 2 is 1.83 bits per heavy atom. The number of nitrogens with zero attached hydrogens (tertiary/aromatic N) is 1. The second-order valence-electron chi connectivity index (χ2n) is 6.39. The predicted molar refractivity (Wildman–Crippen MR) is 89.8 cm³/mol. The molecule has 2 rings (SSSR count). The summed E-state index contributed by atoms with van der Waals surface area (Å²) in [5.74, 6) is -0.411. The molecule has 0 saturated heterocycles. The zero-order valence-electron chi connectivity index (χ0n) is 14.7. The van der Waals surface area contributed by atoms with E-state index in [1.807, 2.05) is 25.8 Å². The van der Waals surface area contributed by atoms with Crippen LogP contribution in [0.5, 0.6) is 0 Å². The van der Waals surface area contributed by atoms with Gasteiger partial charge in [-0.3, -0.25) is 4.79 Å². The number of amides is 1. The third-order valence-corrected chi connectivity index (χ3v) is 4.98. The van der Waals surface area contributed by atoms with Crippen LogP contribution in [0.1, 0.15) is 77.6 Å². The molecule has 0 aliphatic heterocycles. The molecule has 1 aromatic heterocycles. The number of aromatic amines is 1. The molecule has 1 aliphatic carbocycles. The summed E-state index contributed by atoms with van der Waals surface area (Å²) >= 11 is 0. The van der Waals surface area contributed by atoms with E-state index in [-0.39, 0.29) is 11.9 Å². The first-order chi connectivity index (χ1) is 11.0. The van der Waals surface area contributed by atoms with E-state index in [0.29, 0.717) is 29.3 Å². The first-order valence-electron chi connectivity index (χ1n) is 8.58. The van der Waals surface area contributed by atoms with Crippen molar-refractivity contribution in [2.45, 2.75) is 64.8 Å². The van der Waals surface area contributed by atoms with Crippen molar-refractivity contribution in [2.75, 3.05) is 14.2 Å². The van der Waals surface area contributed by atoms with E-state index in [4.69, 9.17) is 4.74 Å². The van der Waals surface area contributed by atoms with Crippen LogP contribution in [0.15, 0.2) is 0 Å². The van der Waals surface area contributed by atoms with Crippen molar-refractivity contribution in [3.05, 3.63) is 22.5 Å². The van der Waals surface area contributed by atoms with Gasteiger partial charge in [-0.25, -0.2) is 4.79 Å². The van der Waals surface area contributed by atoms with Crippen LogP contribution in [-0.2, 0) is 11.2 Å². The van der Waals surface area contributed by atoms with Crippen LogP contribution in [0.4, 0.5) is 0 Å². The Balaban J connectivity index is 2.28. The summed E-state index contributed by atoms with van der Waals surface area (Å²) in [7, 11) is 3.25. The van der Waals surface area contributed by atoms with Gasteiger partial charge in [0, 0.05) is 18.8 Å². The molecule has 0 bridgehead atoms. The maximum Gasteiger partial charge on any atom is 0.339 e. The first-order valence-corrected chi connectivity index (χ1v) is 8.58. The number of methoxy groups -OCH3 is 1. The Hall–Kier alpha value is -1.78. The van der Waals surface area contributed by atoms with Crippen LogP contribution in [0.25, 0.3) is 0 Å². The van der Waals surface area contributed by atoms with Gasteiger partial charge in [0.15, 0.2) is 0 Å². The average Bonchev–Trinajstić information content (AvgIpc) is 2.74. The van der Waals surface area contributed by atoms with Gasteiger partial charge in [0.05, 0.1) is 12.7 Å². The standard InChI is InChI=1S/C18H28N2O3/c1-5-14-15(18(22)23-4)12(2)16(19-14)17(21)20(3)13-10-8-6-7-9-11-13/h13,19H,5-11H2,1-4H3. The fourth-order valence-electron chi connectivity index (χ4n) is 3.50. The highest BCUT2D eigenvalue weighted by molar-refractivity contribution is 6.00. The molecule has 1 aromatic rings. The molecule has 23 heavy (non-hydrogen) atoms. The number of nitrogens with one attached hydrogen (secondary N) is 1. The van der Waals surface area contributed by atoms with Gasteiger partial charge in [-0.05, 0) is 31.7 Å². The molecule has 0 aromatic carbocycles. The van der Waals surface area contributed by atoms with Gasteiger partial charge in [0.2, 0.25) is 0 Å². The molecule has 5 nitrogen and oxygen atoms in total. The van der Waals surface area contributed by atoms with Gasteiger partial charge < -0.3 is 14.6 Å². The lowest BCUT2D eigenvalue weighted by Crippen LogP contribution is -2.37. The molecule has 5 heteroatoms. The van der Waals surface area contributed by atoms with E-state index in [9.17, 15) is 9.59 Å². The van der Waals surface area contributed by atoms with Crippen molar-refractivity contribution < 1.29 is 14.3 Å². The predicted octanol–water partition coefficient (Wildman–Crippen LogP) is 3.47. The van der Waals surface area contributed by atoms with Crippen LogP contribution in [0, 0.1) is 6.92 Å². The molecular weight excluding hydrogens is 292 g/mol. The summed E-state index contributed by atoms with van der Waals surface area (Å²) in [4.78, 5) is 29.9. The van der Waals surface area contributed by atoms with E-state index in [1.165, 1.54) is 32.8 Å². The second-order valence-corrected chi connectivity index (χ2v) is 6.39. The van der Waals surface area contributed by atoms with Crippen molar-refractivity contribution in [1.82, 2.24) is 9.88 Å². The number of aryl methyl sites for hydroxylation is 1. The summed E-state index contributed by atoms with van der Waals surface area (Å²) < 4.78 is 4.86. The minimum atomic E-state index is -0.383. The summed E-state index contributed by atoms with van der Waals surface area (Å²) in [6, 6.07) is 0.291. The monoisotopic (exact) mass is 320 g/mol. The Labute approximate surface area is 138 Å². The summed E-state index contributed by atoms with van der Waals surface area (Å²) in [5.41, 5.74) is 2.49. The third kappa shape index (κ3) is 3.59. The van der Waals surface area contributed by atoms with E-state index >= 15 is 0 Å². The van der Waals surface area contributed by atoms with Crippen molar-refractivity contribution in [3.8, 4) is 0 Å². The molecule has 1 fully saturated rings. The molecule has 1 N–H and O–H groups in total. The minimum absolute atomic E-state index is 0.0285. The Morgan fingerprint density at radius 3 is 2.35 bits per heavy atom. The van der Waals surface area contributed by atoms with E-state index in [0.717, 1.165) is 18.5 Å². The summed E-state index contributed by atoms with van der Waals surface area (Å²) in [6.45, 7) is 3.77. The maximum atomic E-state index is 12.9. The van der Waals surface area contributed by atoms with Gasteiger partial charge in [-0.1, -0.05) is 32.6 Å². The number of carbonyl (C=O) groups excluding carboxylic acids is 2. The molecule has 0 radical (unpaired) electrons. The fourth-order valence-corrected chi connectivity index (χ4v) is 3.50. The van der Waals surface area contributed by atoms with Gasteiger partial charge in [0.1, 0.15) is 5.69 Å². The molecule has 0 unspecified atom stereocenters. The van der Waals surface area contributed by atoms with Gasteiger partial charge in [-0.15, -0.1) is 0 Å². The smallest absolute Gasteiger partial charge is 0.339 e. The number of rotatable bonds is 4. The maximum absolute atomic E-state index is 12.9. The molecular formula is C18H28N2O3. The average molecular weight is 320 g/mol. The molecule has 1 saturated carbocycles. The SMILES string of the molecule is CCc1[nH]c(C(=O)N(C)C2CCCCCC2)c(C)c1C(=O)OC. The van der Waals surface area contributed by atoms with E-state index in [2.05, 4.69) is 4.98 Å². The van der Waals surface area contributed by atoms with Crippen LogP contribution in [-0.4, -0.2) is 42.0 Å². The largest absolute Gasteiger partial charge is 0.465 e. The van der Waals surface area contributed by atoms with Crippen molar-refractivity contribution in [1.29, 1.82) is 0 Å². The summed E-state index contributed by atoms with van der Waals surface area (Å²) in [5, 5.41) is 0. The molecule has 1 amide bonds. The number of ether oxygens (including phenoxy) is 1. The number of hydrogen-bond donors (Lipinski definition) is 1. The lowest BCUT2D eigenvalue weighted by atomic mass is 10.1. The minimum Gasteiger partial charge on any atom is -0.465 e. The lowest BCUT2D eigenvalue weighted by Gasteiger charge is -2.27. The molecule has 1 heterocycles. The second kappa shape index (κ2) is 7.66. The van der Waals surface area contributed by atoms with Crippen molar-refractivity contribution in [2.24, 2.45) is 0 Å². The Morgan fingerprint density at radius 1 is 1.22 bits per heavy atom. The van der Waals surface area contributed by atoms with Crippen LogP contribution >= 0.6 is 0 Å². The zero-order valence-corrected chi connectivity index (χ0v) is 14.7. The highest BCUT2D eigenvalue weighted by Crippen LogP contribution is 2.25. The lowest BCUT2D eigenvalue weighted by molar-refractivity contribution is 0.0599. The Bertz CT molecular complexity index is 569. The molecule has 1 aliphatic rings. The highest BCUT2D eigenvalue weighted by atomic mass is 16.5. The number of aromatic nitrogens is 1. The fraction of sp³-hybridized carbons (Fsp3) is 0.667. The van der Waals surface area contributed by atoms with E-state index in [1.54, 1.807) is 0 Å². The van der Waals surface area contributed by atoms with Crippen molar-refractivity contribution >= 4 is 11.9 Å². The number of esters is 1. The highest BCUT2D eigenvalue weighted by Gasteiger charge is 2.28. The molecule has 0 atom stereocenters. The summed E-state index contributed by atoms with van der Waals surface area (Å²) in [6.07, 6.45) is 7.66.